The monoisotopic (exact) mass is 228 g/mol. The maximum atomic E-state index is 11.5. The highest BCUT2D eigenvalue weighted by atomic mass is 16.4. The molecule has 1 aliphatic rings. The first-order valence-electron chi connectivity index (χ1n) is 5.71. The molecule has 2 N–H and O–H groups in total. The molecule has 0 radical (unpaired) electrons. The van der Waals surface area contributed by atoms with Crippen LogP contribution in [0.3, 0.4) is 0 Å². The van der Waals surface area contributed by atoms with Crippen LogP contribution in [0.1, 0.15) is 26.2 Å². The van der Waals surface area contributed by atoms with E-state index in [-0.39, 0.29) is 12.5 Å². The zero-order valence-corrected chi connectivity index (χ0v) is 9.90. The van der Waals surface area contributed by atoms with E-state index in [2.05, 4.69) is 12.2 Å². The summed E-state index contributed by atoms with van der Waals surface area (Å²) in [5.41, 5.74) is 0. The van der Waals surface area contributed by atoms with Gasteiger partial charge in [-0.3, -0.25) is 4.79 Å². The summed E-state index contributed by atoms with van der Waals surface area (Å²) in [6.07, 6.45) is 1.80. The third-order valence-corrected chi connectivity index (χ3v) is 3.02. The number of carboxylic acid groups (broad SMARTS) is 1. The summed E-state index contributed by atoms with van der Waals surface area (Å²) in [6.45, 7) is 3.40. The Morgan fingerprint density at radius 2 is 2.12 bits per heavy atom. The SMILES string of the molecule is CC1CC1CNC(=O)N(C)CCCC(=O)O. The van der Waals surface area contributed by atoms with Gasteiger partial charge in [0, 0.05) is 26.6 Å². The zero-order chi connectivity index (χ0) is 12.1. The minimum absolute atomic E-state index is 0.107. The van der Waals surface area contributed by atoms with E-state index in [4.69, 9.17) is 5.11 Å². The molecule has 0 bridgehead atoms. The van der Waals surface area contributed by atoms with Crippen molar-refractivity contribution in [3.63, 3.8) is 0 Å². The molecule has 0 saturated heterocycles. The third-order valence-electron chi connectivity index (χ3n) is 3.02. The van der Waals surface area contributed by atoms with Crippen molar-refractivity contribution in [1.29, 1.82) is 0 Å². The van der Waals surface area contributed by atoms with Crippen LogP contribution >= 0.6 is 0 Å². The Morgan fingerprint density at radius 3 is 2.62 bits per heavy atom. The molecule has 1 aliphatic carbocycles. The summed E-state index contributed by atoms with van der Waals surface area (Å²) in [5.74, 6) is 0.551. The first-order valence-corrected chi connectivity index (χ1v) is 5.71. The number of aliphatic carboxylic acids is 1. The van der Waals surface area contributed by atoms with Gasteiger partial charge in [0.25, 0.3) is 0 Å². The smallest absolute Gasteiger partial charge is 0.317 e. The van der Waals surface area contributed by atoms with E-state index in [0.717, 1.165) is 12.5 Å². The fourth-order valence-corrected chi connectivity index (χ4v) is 1.61. The van der Waals surface area contributed by atoms with Gasteiger partial charge < -0.3 is 15.3 Å². The number of carbonyl (C=O) groups excluding carboxylic acids is 1. The standard InChI is InChI=1S/C11H20N2O3/c1-8-6-9(8)7-12-11(16)13(2)5-3-4-10(14)15/h8-9H,3-7H2,1-2H3,(H,12,16)(H,14,15). The van der Waals surface area contributed by atoms with Crippen LogP contribution < -0.4 is 5.32 Å². The summed E-state index contributed by atoms with van der Waals surface area (Å²) >= 11 is 0. The fraction of sp³-hybridized carbons (Fsp3) is 0.818. The van der Waals surface area contributed by atoms with Gasteiger partial charge in [0.05, 0.1) is 0 Å². The molecule has 0 spiro atoms. The fourth-order valence-electron chi connectivity index (χ4n) is 1.61. The molecule has 1 rings (SSSR count). The number of carboxylic acids is 1. The lowest BCUT2D eigenvalue weighted by atomic mass is 10.3. The molecule has 0 aromatic rings. The van der Waals surface area contributed by atoms with Gasteiger partial charge in [-0.1, -0.05) is 6.92 Å². The lowest BCUT2D eigenvalue weighted by Crippen LogP contribution is -2.38. The van der Waals surface area contributed by atoms with Crippen molar-refractivity contribution in [3.8, 4) is 0 Å². The molecule has 2 unspecified atom stereocenters. The molecule has 0 heterocycles. The largest absolute Gasteiger partial charge is 0.481 e. The Bertz CT molecular complexity index is 268. The Balaban J connectivity index is 2.07. The lowest BCUT2D eigenvalue weighted by Gasteiger charge is -2.17. The van der Waals surface area contributed by atoms with Crippen molar-refractivity contribution < 1.29 is 14.7 Å². The van der Waals surface area contributed by atoms with Crippen molar-refractivity contribution in [2.75, 3.05) is 20.1 Å². The summed E-state index contributed by atoms with van der Waals surface area (Å²) in [5, 5.41) is 11.3. The predicted molar refractivity (Wildman–Crippen MR) is 60.2 cm³/mol. The van der Waals surface area contributed by atoms with Gasteiger partial charge in [0.1, 0.15) is 0 Å². The van der Waals surface area contributed by atoms with Crippen LogP contribution in [0.2, 0.25) is 0 Å². The van der Waals surface area contributed by atoms with Gasteiger partial charge in [-0.2, -0.15) is 0 Å². The van der Waals surface area contributed by atoms with E-state index in [1.165, 1.54) is 11.3 Å². The molecule has 0 aromatic heterocycles. The summed E-state index contributed by atoms with van der Waals surface area (Å²) in [4.78, 5) is 23.4. The maximum absolute atomic E-state index is 11.5. The van der Waals surface area contributed by atoms with E-state index < -0.39 is 5.97 Å². The van der Waals surface area contributed by atoms with Crippen molar-refractivity contribution in [2.24, 2.45) is 11.8 Å². The van der Waals surface area contributed by atoms with Crippen LogP contribution in [0.25, 0.3) is 0 Å². The number of amides is 2. The molecular formula is C11H20N2O3. The molecule has 92 valence electrons. The quantitative estimate of drug-likeness (QED) is 0.716. The Kier molecular flexibility index (Phi) is 4.58. The highest BCUT2D eigenvalue weighted by molar-refractivity contribution is 5.74. The van der Waals surface area contributed by atoms with Crippen molar-refractivity contribution in [2.45, 2.75) is 26.2 Å². The molecule has 16 heavy (non-hydrogen) atoms. The van der Waals surface area contributed by atoms with E-state index in [0.29, 0.717) is 18.9 Å². The van der Waals surface area contributed by atoms with Crippen molar-refractivity contribution in [1.82, 2.24) is 10.2 Å². The Hall–Kier alpha value is -1.26. The molecule has 1 saturated carbocycles. The van der Waals surface area contributed by atoms with Gasteiger partial charge >= 0.3 is 12.0 Å². The van der Waals surface area contributed by atoms with Crippen LogP contribution in [-0.4, -0.2) is 42.1 Å². The number of rotatable bonds is 6. The van der Waals surface area contributed by atoms with Crippen molar-refractivity contribution >= 4 is 12.0 Å². The third kappa shape index (κ3) is 4.51. The second-order valence-electron chi connectivity index (χ2n) is 4.58. The van der Waals surface area contributed by atoms with Gasteiger partial charge in [0.15, 0.2) is 0 Å². The van der Waals surface area contributed by atoms with Crippen LogP contribution in [0.4, 0.5) is 4.79 Å². The molecule has 2 amide bonds. The lowest BCUT2D eigenvalue weighted by molar-refractivity contribution is -0.137. The first-order chi connectivity index (χ1) is 7.50. The van der Waals surface area contributed by atoms with Gasteiger partial charge in [0.2, 0.25) is 0 Å². The highest BCUT2D eigenvalue weighted by Crippen LogP contribution is 2.36. The van der Waals surface area contributed by atoms with Gasteiger partial charge in [-0.25, -0.2) is 4.79 Å². The average Bonchev–Trinajstić information content (AvgIpc) is 2.90. The Morgan fingerprint density at radius 1 is 1.50 bits per heavy atom. The topological polar surface area (TPSA) is 69.6 Å². The number of hydrogen-bond acceptors (Lipinski definition) is 2. The number of nitrogens with zero attached hydrogens (tertiary/aromatic N) is 1. The molecule has 5 nitrogen and oxygen atoms in total. The van der Waals surface area contributed by atoms with Gasteiger partial charge in [-0.05, 0) is 24.7 Å². The van der Waals surface area contributed by atoms with Gasteiger partial charge in [-0.15, -0.1) is 0 Å². The molecule has 0 aliphatic heterocycles. The first kappa shape index (κ1) is 12.8. The second kappa shape index (κ2) is 5.72. The van der Waals surface area contributed by atoms with E-state index in [1.54, 1.807) is 7.05 Å². The molecule has 1 fully saturated rings. The second-order valence-corrected chi connectivity index (χ2v) is 4.58. The highest BCUT2D eigenvalue weighted by Gasteiger charge is 2.32. The molecule has 5 heteroatoms. The zero-order valence-electron chi connectivity index (χ0n) is 9.90. The van der Waals surface area contributed by atoms with E-state index in [9.17, 15) is 9.59 Å². The van der Waals surface area contributed by atoms with Crippen molar-refractivity contribution in [3.05, 3.63) is 0 Å². The number of carbonyl (C=O) groups is 2. The normalized spacial score (nSPS) is 22.6. The maximum Gasteiger partial charge on any atom is 0.317 e. The molecular weight excluding hydrogens is 208 g/mol. The number of hydrogen-bond donors (Lipinski definition) is 2. The Labute approximate surface area is 95.8 Å². The van der Waals surface area contributed by atoms with Crippen LogP contribution in [-0.2, 0) is 4.79 Å². The van der Waals surface area contributed by atoms with E-state index >= 15 is 0 Å². The molecule has 2 atom stereocenters. The number of nitrogens with one attached hydrogen (secondary N) is 1. The van der Waals surface area contributed by atoms with Crippen LogP contribution in [0.5, 0.6) is 0 Å². The van der Waals surface area contributed by atoms with E-state index in [1.807, 2.05) is 0 Å². The predicted octanol–water partition coefficient (Wildman–Crippen LogP) is 1.15. The minimum Gasteiger partial charge on any atom is -0.481 e. The van der Waals surface area contributed by atoms with Crippen LogP contribution in [0, 0.1) is 11.8 Å². The summed E-state index contributed by atoms with van der Waals surface area (Å²) < 4.78 is 0. The van der Waals surface area contributed by atoms with Crippen LogP contribution in [0.15, 0.2) is 0 Å². The molecule has 0 aromatic carbocycles. The number of urea groups is 1. The average molecular weight is 228 g/mol. The summed E-state index contributed by atoms with van der Waals surface area (Å²) in [7, 11) is 1.69. The summed E-state index contributed by atoms with van der Waals surface area (Å²) in [6, 6.07) is -0.107. The minimum atomic E-state index is -0.819.